The Balaban J connectivity index is 2.46. The first-order valence-electron chi connectivity index (χ1n) is 6.29. The van der Waals surface area contributed by atoms with Crippen LogP contribution in [0.5, 0.6) is 0 Å². The van der Waals surface area contributed by atoms with Gasteiger partial charge in [-0.15, -0.1) is 0 Å². The van der Waals surface area contributed by atoms with Crippen LogP contribution in [0.3, 0.4) is 0 Å². The van der Waals surface area contributed by atoms with Crippen LogP contribution >= 0.6 is 0 Å². The van der Waals surface area contributed by atoms with E-state index in [4.69, 9.17) is 5.73 Å². The summed E-state index contributed by atoms with van der Waals surface area (Å²) < 4.78 is 41.6. The molecule has 1 aliphatic carbocycles. The number of nitrogens with zero attached hydrogens (tertiary/aromatic N) is 2. The molecule has 1 aliphatic rings. The molecule has 1 amide bonds. The van der Waals surface area contributed by atoms with E-state index < -0.39 is 17.8 Å². The summed E-state index contributed by atoms with van der Waals surface area (Å²) in [5, 5.41) is 0. The molecule has 0 atom stereocenters. The van der Waals surface area contributed by atoms with Gasteiger partial charge in [-0.25, -0.2) is 4.98 Å². The molecule has 7 heteroatoms. The number of aryl methyl sites for hydroxylation is 1. The Morgan fingerprint density at radius 3 is 2.62 bits per heavy atom. The Labute approximate surface area is 118 Å². The Hall–Kier alpha value is -2.31. The number of carbonyl (C=O) groups is 1. The first-order chi connectivity index (χ1) is 9.71. The summed E-state index contributed by atoms with van der Waals surface area (Å²) >= 11 is 0. The van der Waals surface area contributed by atoms with Gasteiger partial charge in [0, 0.05) is 29.4 Å². The third kappa shape index (κ3) is 1.84. The number of rotatable bonds is 1. The van der Waals surface area contributed by atoms with Crippen molar-refractivity contribution in [3.63, 3.8) is 0 Å². The molecule has 2 N–H and O–H groups in total. The Morgan fingerprint density at radius 1 is 1.38 bits per heavy atom. The van der Waals surface area contributed by atoms with Crippen molar-refractivity contribution in [1.82, 2.24) is 9.38 Å². The standard InChI is InChI=1S/C14H12F3N3O/c1-6-3-4-20-8-5-7(2)9(12(18)21)10(8)11(14(15,16)17)19-13(6)20/h3-4H,5H2,1-2H3,(H2,18,21). The highest BCUT2D eigenvalue weighted by Crippen LogP contribution is 2.41. The quantitative estimate of drug-likeness (QED) is 0.878. The summed E-state index contributed by atoms with van der Waals surface area (Å²) in [5.74, 6) is -0.859. The molecule has 21 heavy (non-hydrogen) atoms. The third-order valence-electron chi connectivity index (χ3n) is 3.71. The summed E-state index contributed by atoms with van der Waals surface area (Å²) in [6.07, 6.45) is -2.73. The van der Waals surface area contributed by atoms with Gasteiger partial charge in [0.05, 0.1) is 0 Å². The Kier molecular flexibility index (Phi) is 2.66. The van der Waals surface area contributed by atoms with Gasteiger partial charge in [-0.2, -0.15) is 13.2 Å². The molecule has 2 aromatic rings. The highest BCUT2D eigenvalue weighted by atomic mass is 19.4. The topological polar surface area (TPSA) is 60.4 Å². The van der Waals surface area contributed by atoms with Crippen LogP contribution in [0.25, 0.3) is 11.2 Å². The predicted octanol–water partition coefficient (Wildman–Crippen LogP) is 2.48. The number of hydrogen-bond acceptors (Lipinski definition) is 2. The van der Waals surface area contributed by atoms with E-state index in [1.807, 2.05) is 0 Å². The summed E-state index contributed by atoms with van der Waals surface area (Å²) in [7, 11) is 0. The number of halogens is 3. The van der Waals surface area contributed by atoms with E-state index in [1.165, 1.54) is 0 Å². The van der Waals surface area contributed by atoms with Gasteiger partial charge >= 0.3 is 6.18 Å². The molecule has 2 aromatic heterocycles. The van der Waals surface area contributed by atoms with Gasteiger partial charge in [0.2, 0.25) is 5.91 Å². The maximum Gasteiger partial charge on any atom is 0.434 e. The number of primary amides is 1. The minimum absolute atomic E-state index is 0.0712. The molecule has 2 heterocycles. The van der Waals surface area contributed by atoms with Gasteiger partial charge in [0.1, 0.15) is 5.65 Å². The van der Waals surface area contributed by atoms with E-state index in [1.54, 1.807) is 30.5 Å². The van der Waals surface area contributed by atoms with Crippen LogP contribution in [-0.2, 0) is 17.4 Å². The summed E-state index contributed by atoms with van der Waals surface area (Å²) in [6, 6.07) is 1.69. The minimum atomic E-state index is -4.64. The molecule has 110 valence electrons. The summed E-state index contributed by atoms with van der Waals surface area (Å²) in [5.41, 5.74) is 5.80. The molecule has 0 bridgehead atoms. The van der Waals surface area contributed by atoms with E-state index in [-0.39, 0.29) is 23.2 Å². The van der Waals surface area contributed by atoms with E-state index in [9.17, 15) is 18.0 Å². The zero-order valence-corrected chi connectivity index (χ0v) is 11.4. The Bertz CT molecular complexity index is 815. The van der Waals surface area contributed by atoms with Crippen molar-refractivity contribution in [1.29, 1.82) is 0 Å². The highest BCUT2D eigenvalue weighted by Gasteiger charge is 2.41. The highest BCUT2D eigenvalue weighted by molar-refractivity contribution is 6.21. The average molecular weight is 295 g/mol. The monoisotopic (exact) mass is 295 g/mol. The second-order valence-corrected chi connectivity index (χ2v) is 5.17. The lowest BCUT2D eigenvalue weighted by molar-refractivity contribution is -0.141. The number of alkyl halides is 3. The minimum Gasteiger partial charge on any atom is -0.366 e. The van der Waals surface area contributed by atoms with Gasteiger partial charge in [0.15, 0.2) is 5.69 Å². The summed E-state index contributed by atoms with van der Waals surface area (Å²) in [6.45, 7) is 3.31. The number of carbonyl (C=O) groups excluding carboxylic acids is 1. The van der Waals surface area contributed by atoms with Crippen molar-refractivity contribution in [3.05, 3.63) is 40.4 Å². The van der Waals surface area contributed by atoms with Crippen molar-refractivity contribution in [2.45, 2.75) is 26.4 Å². The fraction of sp³-hybridized carbons (Fsp3) is 0.286. The third-order valence-corrected chi connectivity index (χ3v) is 3.71. The first-order valence-corrected chi connectivity index (χ1v) is 6.29. The number of aromatic nitrogens is 2. The van der Waals surface area contributed by atoms with E-state index >= 15 is 0 Å². The molecular formula is C14H12F3N3O. The van der Waals surface area contributed by atoms with Crippen LogP contribution in [0.2, 0.25) is 0 Å². The molecular weight excluding hydrogens is 283 g/mol. The SMILES string of the molecule is CC1=C(C(N)=O)c2c(C(F)(F)F)nc3c(C)ccn3c2C1. The van der Waals surface area contributed by atoms with Gasteiger partial charge in [-0.05, 0) is 25.5 Å². The molecule has 0 spiro atoms. The normalized spacial score (nSPS) is 14.9. The van der Waals surface area contributed by atoms with Crippen molar-refractivity contribution in [3.8, 4) is 0 Å². The summed E-state index contributed by atoms with van der Waals surface area (Å²) in [4.78, 5) is 15.3. The van der Waals surface area contributed by atoms with Crippen molar-refractivity contribution in [2.75, 3.05) is 0 Å². The van der Waals surface area contributed by atoms with E-state index in [0.717, 1.165) is 0 Å². The van der Waals surface area contributed by atoms with Gasteiger partial charge in [0.25, 0.3) is 0 Å². The first kappa shape index (κ1) is 13.7. The molecule has 0 fully saturated rings. The van der Waals surface area contributed by atoms with Crippen LogP contribution in [0.15, 0.2) is 17.8 Å². The van der Waals surface area contributed by atoms with Gasteiger partial charge < -0.3 is 10.1 Å². The van der Waals surface area contributed by atoms with Crippen LogP contribution in [0, 0.1) is 6.92 Å². The number of hydrogen-bond donors (Lipinski definition) is 1. The number of nitrogens with two attached hydrogens (primary N) is 1. The van der Waals surface area contributed by atoms with Gasteiger partial charge in [-0.1, -0.05) is 5.57 Å². The van der Waals surface area contributed by atoms with Crippen LogP contribution in [0.1, 0.15) is 29.4 Å². The van der Waals surface area contributed by atoms with Crippen LogP contribution in [-0.4, -0.2) is 15.3 Å². The second-order valence-electron chi connectivity index (χ2n) is 5.17. The molecule has 0 saturated heterocycles. The average Bonchev–Trinajstić information content (AvgIpc) is 2.87. The maximum absolute atomic E-state index is 13.3. The predicted molar refractivity (Wildman–Crippen MR) is 70.4 cm³/mol. The fourth-order valence-corrected chi connectivity index (χ4v) is 2.83. The largest absolute Gasteiger partial charge is 0.434 e. The Morgan fingerprint density at radius 2 is 2.05 bits per heavy atom. The lowest BCUT2D eigenvalue weighted by Crippen LogP contribution is -2.19. The van der Waals surface area contributed by atoms with Gasteiger partial charge in [-0.3, -0.25) is 4.79 Å². The number of allylic oxidation sites excluding steroid dienone is 1. The molecule has 4 nitrogen and oxygen atoms in total. The zero-order chi connectivity index (χ0) is 15.5. The van der Waals surface area contributed by atoms with Crippen LogP contribution < -0.4 is 5.73 Å². The zero-order valence-electron chi connectivity index (χ0n) is 11.4. The molecule has 0 radical (unpaired) electrons. The van der Waals surface area contributed by atoms with E-state index in [0.29, 0.717) is 16.8 Å². The molecule has 0 aliphatic heterocycles. The molecule has 0 aromatic carbocycles. The lowest BCUT2D eigenvalue weighted by Gasteiger charge is -2.15. The van der Waals surface area contributed by atoms with Crippen molar-refractivity contribution in [2.24, 2.45) is 5.73 Å². The molecule has 0 saturated carbocycles. The lowest BCUT2D eigenvalue weighted by atomic mass is 10.0. The maximum atomic E-state index is 13.3. The number of fused-ring (bicyclic) bond motifs is 3. The van der Waals surface area contributed by atoms with Crippen LogP contribution in [0.4, 0.5) is 13.2 Å². The molecule has 0 unspecified atom stereocenters. The van der Waals surface area contributed by atoms with E-state index in [2.05, 4.69) is 4.98 Å². The number of amides is 1. The second kappa shape index (κ2) is 4.09. The van der Waals surface area contributed by atoms with Crippen molar-refractivity contribution >= 4 is 17.1 Å². The fourth-order valence-electron chi connectivity index (χ4n) is 2.83. The molecule has 3 rings (SSSR count). The smallest absolute Gasteiger partial charge is 0.366 e. The van der Waals surface area contributed by atoms with Crippen molar-refractivity contribution < 1.29 is 18.0 Å².